The first-order valence-electron chi connectivity index (χ1n) is 7.61. The number of para-hydroxylation sites is 2. The topological polar surface area (TPSA) is 38.5 Å². The van der Waals surface area contributed by atoms with Gasteiger partial charge in [0, 0.05) is 19.0 Å². The highest BCUT2D eigenvalue weighted by molar-refractivity contribution is 5.72. The van der Waals surface area contributed by atoms with Crippen LogP contribution in [0.2, 0.25) is 0 Å². The summed E-state index contributed by atoms with van der Waals surface area (Å²) in [5.74, 6) is 2.46. The van der Waals surface area contributed by atoms with Gasteiger partial charge in [0.2, 0.25) is 0 Å². The van der Waals surface area contributed by atoms with Crippen LogP contribution in [0.4, 0.5) is 0 Å². The van der Waals surface area contributed by atoms with E-state index in [1.807, 2.05) is 24.3 Å². The second-order valence-electron chi connectivity index (χ2n) is 6.61. The van der Waals surface area contributed by atoms with Gasteiger partial charge in [-0.05, 0) is 43.2 Å². The van der Waals surface area contributed by atoms with Gasteiger partial charge in [-0.1, -0.05) is 12.1 Å². The van der Waals surface area contributed by atoms with Gasteiger partial charge in [0.25, 0.3) is 0 Å². The lowest BCUT2D eigenvalue weighted by Crippen LogP contribution is -2.61. The average molecular weight is 270 g/mol. The predicted molar refractivity (Wildman–Crippen MR) is 74.3 cm³/mol. The molecule has 1 aromatic heterocycles. The largest absolute Gasteiger partial charge is 0.431 e. The lowest BCUT2D eigenvalue weighted by molar-refractivity contribution is -0.149. The molecule has 1 aromatic carbocycles. The number of oxazole rings is 1. The molecule has 104 valence electrons. The van der Waals surface area contributed by atoms with Crippen LogP contribution in [0.5, 0.6) is 6.08 Å². The number of fused-ring (bicyclic) bond motifs is 1. The Hall–Kier alpha value is -1.55. The van der Waals surface area contributed by atoms with Crippen LogP contribution in [-0.2, 0) is 0 Å². The first-order chi connectivity index (χ1) is 9.85. The maximum Gasteiger partial charge on any atom is 0.396 e. The van der Waals surface area contributed by atoms with Crippen molar-refractivity contribution in [3.8, 4) is 6.08 Å². The van der Waals surface area contributed by atoms with E-state index in [2.05, 4.69) is 9.88 Å². The summed E-state index contributed by atoms with van der Waals surface area (Å²) in [5, 5.41) is 0. The molecule has 6 rings (SSSR count). The standard InChI is InChI=1S/C16H18N2O2/c1-2-4-14-13(3-1)17-16(19-14)20-15-12-6-10-5-11(7-12)9-18(15)8-10/h1-4,10-12,15H,5-9H2/t10-,11-,15-/m0/s1. The molecular formula is C16H18N2O2. The van der Waals surface area contributed by atoms with Crippen molar-refractivity contribution in [3.63, 3.8) is 0 Å². The van der Waals surface area contributed by atoms with Crippen molar-refractivity contribution < 1.29 is 9.15 Å². The lowest BCUT2D eigenvalue weighted by atomic mass is 9.67. The molecule has 2 aromatic rings. The smallest absolute Gasteiger partial charge is 0.396 e. The van der Waals surface area contributed by atoms with Gasteiger partial charge in [-0.25, -0.2) is 0 Å². The number of rotatable bonds is 2. The fourth-order valence-electron chi connectivity index (χ4n) is 4.57. The highest BCUT2D eigenvalue weighted by atomic mass is 16.6. The number of piperidine rings is 3. The first-order valence-corrected chi connectivity index (χ1v) is 7.61. The number of aromatic nitrogens is 1. The average Bonchev–Trinajstić information content (AvgIpc) is 2.84. The monoisotopic (exact) mass is 270 g/mol. The van der Waals surface area contributed by atoms with Crippen molar-refractivity contribution in [2.24, 2.45) is 17.8 Å². The van der Waals surface area contributed by atoms with Gasteiger partial charge in [0.1, 0.15) is 5.52 Å². The summed E-state index contributed by atoms with van der Waals surface area (Å²) in [6.45, 7) is 2.38. The minimum atomic E-state index is 0.177. The van der Waals surface area contributed by atoms with Gasteiger partial charge in [0.15, 0.2) is 11.8 Å². The summed E-state index contributed by atoms with van der Waals surface area (Å²) >= 11 is 0. The van der Waals surface area contributed by atoms with E-state index in [9.17, 15) is 0 Å². The Morgan fingerprint density at radius 2 is 1.90 bits per heavy atom. The molecule has 4 aliphatic rings. The third-order valence-corrected chi connectivity index (χ3v) is 5.18. The molecule has 3 atom stereocenters. The zero-order valence-electron chi connectivity index (χ0n) is 11.4. The lowest BCUT2D eigenvalue weighted by Gasteiger charge is -2.55. The Balaban J connectivity index is 1.43. The highest BCUT2D eigenvalue weighted by Gasteiger charge is 2.48. The SMILES string of the molecule is c1ccc2oc(O[C@H]3C4C[C@@H]5C[C@@H](C4)CN3C5)nc2c1. The Labute approximate surface area is 117 Å². The molecule has 4 nitrogen and oxygen atoms in total. The second-order valence-corrected chi connectivity index (χ2v) is 6.61. The second kappa shape index (κ2) is 3.98. The fraction of sp³-hybridized carbons (Fsp3) is 0.562. The zero-order chi connectivity index (χ0) is 13.1. The highest BCUT2D eigenvalue weighted by Crippen LogP contribution is 2.46. The molecule has 3 aliphatic heterocycles. The minimum Gasteiger partial charge on any atom is -0.431 e. The van der Waals surface area contributed by atoms with Crippen molar-refractivity contribution in [2.45, 2.75) is 25.5 Å². The van der Waals surface area contributed by atoms with Crippen LogP contribution in [-0.4, -0.2) is 29.2 Å². The van der Waals surface area contributed by atoms with Crippen LogP contribution in [0.3, 0.4) is 0 Å². The molecule has 0 radical (unpaired) electrons. The molecular weight excluding hydrogens is 252 g/mol. The number of nitrogens with zero attached hydrogens (tertiary/aromatic N) is 2. The molecule has 3 saturated heterocycles. The van der Waals surface area contributed by atoms with E-state index in [1.54, 1.807) is 0 Å². The third kappa shape index (κ3) is 1.61. The van der Waals surface area contributed by atoms with Gasteiger partial charge >= 0.3 is 6.08 Å². The van der Waals surface area contributed by atoms with Gasteiger partial charge in [-0.3, -0.25) is 4.90 Å². The first kappa shape index (κ1) is 11.1. The summed E-state index contributed by atoms with van der Waals surface area (Å²) in [4.78, 5) is 6.95. The van der Waals surface area contributed by atoms with Crippen molar-refractivity contribution in [1.82, 2.24) is 9.88 Å². The molecule has 4 heteroatoms. The Morgan fingerprint density at radius 1 is 1.10 bits per heavy atom. The van der Waals surface area contributed by atoms with E-state index in [1.165, 1.54) is 32.4 Å². The van der Waals surface area contributed by atoms with Crippen LogP contribution >= 0.6 is 0 Å². The van der Waals surface area contributed by atoms with Crippen LogP contribution in [0, 0.1) is 17.8 Å². The fourth-order valence-corrected chi connectivity index (χ4v) is 4.57. The van der Waals surface area contributed by atoms with Gasteiger partial charge < -0.3 is 9.15 Å². The Bertz CT molecular complexity index is 590. The van der Waals surface area contributed by atoms with Crippen molar-refractivity contribution in [3.05, 3.63) is 24.3 Å². The minimum absolute atomic E-state index is 0.177. The summed E-state index contributed by atoms with van der Waals surface area (Å²) in [7, 11) is 0. The summed E-state index contributed by atoms with van der Waals surface area (Å²) < 4.78 is 11.8. The maximum atomic E-state index is 6.12. The number of hydrogen-bond acceptors (Lipinski definition) is 4. The van der Waals surface area contributed by atoms with Crippen LogP contribution < -0.4 is 4.74 Å². The maximum absolute atomic E-state index is 6.12. The third-order valence-electron chi connectivity index (χ3n) is 5.18. The van der Waals surface area contributed by atoms with E-state index in [0.717, 1.165) is 22.9 Å². The molecule has 0 spiro atoms. The molecule has 4 bridgehead atoms. The van der Waals surface area contributed by atoms with E-state index in [0.29, 0.717) is 12.0 Å². The van der Waals surface area contributed by atoms with Crippen LogP contribution in [0.15, 0.2) is 28.7 Å². The van der Waals surface area contributed by atoms with Gasteiger partial charge in [0.05, 0.1) is 0 Å². The van der Waals surface area contributed by atoms with Gasteiger partial charge in [-0.15, -0.1) is 0 Å². The van der Waals surface area contributed by atoms with E-state index < -0.39 is 0 Å². The molecule has 20 heavy (non-hydrogen) atoms. The number of benzene rings is 1. The van der Waals surface area contributed by atoms with Crippen molar-refractivity contribution in [2.75, 3.05) is 13.1 Å². The molecule has 0 unspecified atom stereocenters. The van der Waals surface area contributed by atoms with Gasteiger partial charge in [-0.2, -0.15) is 4.98 Å². The molecule has 0 N–H and O–H groups in total. The Morgan fingerprint density at radius 3 is 2.65 bits per heavy atom. The normalized spacial score (nSPS) is 38.5. The van der Waals surface area contributed by atoms with Crippen molar-refractivity contribution in [1.29, 1.82) is 0 Å². The summed E-state index contributed by atoms with van der Waals surface area (Å²) in [6.07, 6.45) is 4.68. The summed E-state index contributed by atoms with van der Waals surface area (Å²) in [6, 6.07) is 7.83. The van der Waals surface area contributed by atoms with Crippen LogP contribution in [0.25, 0.3) is 11.1 Å². The zero-order valence-corrected chi connectivity index (χ0v) is 11.4. The van der Waals surface area contributed by atoms with Crippen molar-refractivity contribution >= 4 is 11.1 Å². The van der Waals surface area contributed by atoms with E-state index in [4.69, 9.17) is 9.15 Å². The number of ether oxygens (including phenoxy) is 1. The molecule has 4 heterocycles. The van der Waals surface area contributed by atoms with Crippen LogP contribution in [0.1, 0.15) is 19.3 Å². The van der Waals surface area contributed by atoms with E-state index >= 15 is 0 Å². The molecule has 4 fully saturated rings. The Kier molecular flexibility index (Phi) is 2.22. The predicted octanol–water partition coefficient (Wildman–Crippen LogP) is 2.89. The molecule has 0 amide bonds. The quantitative estimate of drug-likeness (QED) is 0.841. The molecule has 1 saturated carbocycles. The molecule has 1 aliphatic carbocycles. The number of hydrogen-bond donors (Lipinski definition) is 0. The summed E-state index contributed by atoms with van der Waals surface area (Å²) in [5.41, 5.74) is 1.68. The van der Waals surface area contributed by atoms with E-state index in [-0.39, 0.29) is 6.23 Å².